The highest BCUT2D eigenvalue weighted by molar-refractivity contribution is 5.64. The van der Waals surface area contributed by atoms with Gasteiger partial charge in [0.2, 0.25) is 5.95 Å². The van der Waals surface area contributed by atoms with Crippen LogP contribution in [-0.4, -0.2) is 49.2 Å². The van der Waals surface area contributed by atoms with E-state index in [1.54, 1.807) is 7.11 Å². The first kappa shape index (κ1) is 18.0. The zero-order valence-electron chi connectivity index (χ0n) is 16.1. The van der Waals surface area contributed by atoms with Crippen molar-refractivity contribution in [1.82, 2.24) is 9.97 Å². The SMILES string of the molecule is COc1ccc(C)cc1Nc1nc(C)cc(N2CCC3(CC2)OCCO3)n1. The largest absolute Gasteiger partial charge is 0.495 e. The summed E-state index contributed by atoms with van der Waals surface area (Å²) in [5, 5.41) is 3.31. The molecule has 27 heavy (non-hydrogen) atoms. The van der Waals surface area contributed by atoms with Crippen LogP contribution in [0.25, 0.3) is 0 Å². The molecule has 1 spiro atoms. The molecule has 0 atom stereocenters. The number of hydrogen-bond donors (Lipinski definition) is 1. The maximum atomic E-state index is 5.82. The van der Waals surface area contributed by atoms with Gasteiger partial charge in [-0.1, -0.05) is 6.07 Å². The Balaban J connectivity index is 1.53. The maximum Gasteiger partial charge on any atom is 0.229 e. The topological polar surface area (TPSA) is 68.7 Å². The highest BCUT2D eigenvalue weighted by atomic mass is 16.7. The molecule has 2 fully saturated rings. The Kier molecular flexibility index (Phi) is 4.88. The second-order valence-corrected chi connectivity index (χ2v) is 7.11. The zero-order valence-corrected chi connectivity index (χ0v) is 16.1. The fraction of sp³-hybridized carbons (Fsp3) is 0.500. The van der Waals surface area contributed by atoms with Gasteiger partial charge in [0.05, 0.1) is 26.0 Å². The van der Waals surface area contributed by atoms with Gasteiger partial charge in [0, 0.05) is 37.7 Å². The molecule has 1 aromatic carbocycles. The summed E-state index contributed by atoms with van der Waals surface area (Å²) >= 11 is 0. The molecule has 0 radical (unpaired) electrons. The van der Waals surface area contributed by atoms with Crippen molar-refractivity contribution in [3.63, 3.8) is 0 Å². The zero-order chi connectivity index (χ0) is 18.9. The van der Waals surface area contributed by atoms with Crippen molar-refractivity contribution >= 4 is 17.5 Å². The van der Waals surface area contributed by atoms with Gasteiger partial charge in [0.25, 0.3) is 0 Å². The van der Waals surface area contributed by atoms with Crippen molar-refractivity contribution in [1.29, 1.82) is 0 Å². The van der Waals surface area contributed by atoms with Gasteiger partial charge in [0.15, 0.2) is 5.79 Å². The van der Waals surface area contributed by atoms with E-state index in [2.05, 4.69) is 15.2 Å². The summed E-state index contributed by atoms with van der Waals surface area (Å²) in [6, 6.07) is 8.01. The molecule has 144 valence electrons. The molecule has 1 N–H and O–H groups in total. The normalized spacial score (nSPS) is 18.7. The number of methoxy groups -OCH3 is 1. The van der Waals surface area contributed by atoms with Crippen LogP contribution in [0.5, 0.6) is 5.75 Å². The molecule has 0 amide bonds. The molecule has 0 saturated carbocycles. The average molecular weight is 370 g/mol. The standard InChI is InChI=1S/C20H26N4O3/c1-14-4-5-17(25-3)16(12-14)22-19-21-15(2)13-18(23-19)24-8-6-20(7-9-24)26-10-11-27-20/h4-5,12-13H,6-11H2,1-3H3,(H,21,22,23). The minimum absolute atomic E-state index is 0.380. The van der Waals surface area contributed by atoms with E-state index in [9.17, 15) is 0 Å². The van der Waals surface area contributed by atoms with E-state index in [-0.39, 0.29) is 5.79 Å². The Morgan fingerprint density at radius 1 is 1.07 bits per heavy atom. The van der Waals surface area contributed by atoms with E-state index in [4.69, 9.17) is 19.2 Å². The lowest BCUT2D eigenvalue weighted by Gasteiger charge is -2.38. The molecule has 0 bridgehead atoms. The Morgan fingerprint density at radius 3 is 2.52 bits per heavy atom. The number of piperidine rings is 1. The molecule has 0 aliphatic carbocycles. The van der Waals surface area contributed by atoms with E-state index in [0.717, 1.165) is 54.4 Å². The summed E-state index contributed by atoms with van der Waals surface area (Å²) in [5.74, 6) is 1.88. The lowest BCUT2D eigenvalue weighted by Crippen LogP contribution is -2.45. The predicted molar refractivity (Wildman–Crippen MR) is 104 cm³/mol. The Hall–Kier alpha value is -2.38. The molecule has 0 unspecified atom stereocenters. The number of aryl methyl sites for hydroxylation is 2. The van der Waals surface area contributed by atoms with E-state index in [1.807, 2.05) is 38.1 Å². The van der Waals surface area contributed by atoms with E-state index < -0.39 is 0 Å². The third-order valence-corrected chi connectivity index (χ3v) is 5.10. The number of aromatic nitrogens is 2. The Bertz CT molecular complexity index is 811. The number of benzene rings is 1. The number of hydrogen-bond acceptors (Lipinski definition) is 7. The molecular weight excluding hydrogens is 344 g/mol. The summed E-state index contributed by atoms with van der Waals surface area (Å²) in [5.41, 5.74) is 2.92. The Morgan fingerprint density at radius 2 is 1.81 bits per heavy atom. The van der Waals surface area contributed by atoms with Crippen LogP contribution < -0.4 is 15.0 Å². The van der Waals surface area contributed by atoms with Crippen molar-refractivity contribution in [2.45, 2.75) is 32.5 Å². The van der Waals surface area contributed by atoms with Crippen molar-refractivity contribution < 1.29 is 14.2 Å². The third kappa shape index (κ3) is 3.84. The fourth-order valence-electron chi connectivity index (χ4n) is 3.67. The van der Waals surface area contributed by atoms with Crippen LogP contribution in [0.1, 0.15) is 24.1 Å². The van der Waals surface area contributed by atoms with Gasteiger partial charge in [0.1, 0.15) is 11.6 Å². The minimum atomic E-state index is -0.380. The highest BCUT2D eigenvalue weighted by Gasteiger charge is 2.40. The summed E-state index contributed by atoms with van der Waals surface area (Å²) in [7, 11) is 1.66. The maximum absolute atomic E-state index is 5.82. The summed E-state index contributed by atoms with van der Waals surface area (Å²) in [6.45, 7) is 7.12. The predicted octanol–water partition coefficient (Wildman–Crippen LogP) is 3.19. The molecular formula is C20H26N4O3. The number of nitrogens with one attached hydrogen (secondary N) is 1. The summed E-state index contributed by atoms with van der Waals surface area (Å²) in [6.07, 6.45) is 1.70. The van der Waals surface area contributed by atoms with E-state index >= 15 is 0 Å². The second kappa shape index (κ2) is 7.32. The minimum Gasteiger partial charge on any atom is -0.495 e. The van der Waals surface area contributed by atoms with Crippen molar-refractivity contribution in [2.24, 2.45) is 0 Å². The second-order valence-electron chi connectivity index (χ2n) is 7.11. The lowest BCUT2D eigenvalue weighted by atomic mass is 10.0. The van der Waals surface area contributed by atoms with Crippen molar-refractivity contribution in [3.8, 4) is 5.75 Å². The summed E-state index contributed by atoms with van der Waals surface area (Å²) < 4.78 is 17.1. The first-order valence-corrected chi connectivity index (χ1v) is 9.37. The lowest BCUT2D eigenvalue weighted by molar-refractivity contribution is -0.169. The fourth-order valence-corrected chi connectivity index (χ4v) is 3.67. The first-order chi connectivity index (χ1) is 13.1. The molecule has 3 heterocycles. The van der Waals surface area contributed by atoms with Crippen LogP contribution >= 0.6 is 0 Å². The summed E-state index contributed by atoms with van der Waals surface area (Å²) in [4.78, 5) is 11.6. The van der Waals surface area contributed by atoms with Gasteiger partial charge in [-0.3, -0.25) is 0 Å². The molecule has 2 saturated heterocycles. The molecule has 2 aliphatic rings. The molecule has 7 heteroatoms. The number of anilines is 3. The highest BCUT2D eigenvalue weighted by Crippen LogP contribution is 2.33. The third-order valence-electron chi connectivity index (χ3n) is 5.10. The van der Waals surface area contributed by atoms with E-state index in [0.29, 0.717) is 19.2 Å². The number of ether oxygens (including phenoxy) is 3. The quantitative estimate of drug-likeness (QED) is 0.886. The first-order valence-electron chi connectivity index (χ1n) is 9.37. The van der Waals surface area contributed by atoms with Crippen molar-refractivity contribution in [3.05, 3.63) is 35.5 Å². The van der Waals surface area contributed by atoms with Crippen LogP contribution in [0.3, 0.4) is 0 Å². The molecule has 7 nitrogen and oxygen atoms in total. The van der Waals surface area contributed by atoms with Gasteiger partial charge >= 0.3 is 0 Å². The van der Waals surface area contributed by atoms with Gasteiger partial charge < -0.3 is 24.4 Å². The smallest absolute Gasteiger partial charge is 0.229 e. The molecule has 1 aromatic heterocycles. The van der Waals surface area contributed by atoms with Gasteiger partial charge in [-0.25, -0.2) is 4.98 Å². The molecule has 2 aromatic rings. The molecule has 2 aliphatic heterocycles. The van der Waals surface area contributed by atoms with Crippen LogP contribution in [0.2, 0.25) is 0 Å². The number of rotatable bonds is 4. The molecule has 4 rings (SSSR count). The Labute approximate surface area is 159 Å². The monoisotopic (exact) mass is 370 g/mol. The van der Waals surface area contributed by atoms with E-state index in [1.165, 1.54) is 0 Å². The van der Waals surface area contributed by atoms with Crippen LogP contribution in [0.4, 0.5) is 17.5 Å². The van der Waals surface area contributed by atoms with Crippen molar-refractivity contribution in [2.75, 3.05) is 43.6 Å². The van der Waals surface area contributed by atoms with Gasteiger partial charge in [-0.05, 0) is 31.5 Å². The average Bonchev–Trinajstić information content (AvgIpc) is 3.10. The van der Waals surface area contributed by atoms with Crippen LogP contribution in [-0.2, 0) is 9.47 Å². The van der Waals surface area contributed by atoms with Gasteiger partial charge in [-0.15, -0.1) is 0 Å². The van der Waals surface area contributed by atoms with Crippen LogP contribution in [0.15, 0.2) is 24.3 Å². The van der Waals surface area contributed by atoms with Crippen LogP contribution in [0, 0.1) is 13.8 Å². The van der Waals surface area contributed by atoms with Gasteiger partial charge in [-0.2, -0.15) is 4.98 Å². The number of nitrogens with zero attached hydrogens (tertiary/aromatic N) is 3.